The van der Waals surface area contributed by atoms with Crippen molar-refractivity contribution in [1.82, 2.24) is 0 Å². The zero-order valence-corrected chi connectivity index (χ0v) is 35.9. The Kier molecular flexibility index (Phi) is 41.2. The topological polar surface area (TPSA) is 78.9 Å². The molecule has 0 aliphatic rings. The number of carbonyl (C=O) groups is 3. The lowest BCUT2D eigenvalue weighted by atomic mass is 10.1. The van der Waals surface area contributed by atoms with Gasteiger partial charge in [0.25, 0.3) is 0 Å². The van der Waals surface area contributed by atoms with Crippen LogP contribution < -0.4 is 0 Å². The molecule has 0 fully saturated rings. The molecule has 0 saturated carbocycles. The molecule has 0 spiro atoms. The summed E-state index contributed by atoms with van der Waals surface area (Å²) in [6.07, 6.45) is 57.2. The molecule has 0 aromatic carbocycles. The van der Waals surface area contributed by atoms with Crippen LogP contribution in [0.3, 0.4) is 0 Å². The fraction of sp³-hybridized carbons (Fsp3) is 0.620. The molecule has 0 aliphatic carbocycles. The summed E-state index contributed by atoms with van der Waals surface area (Å²) in [6.45, 7) is 6.21. The second kappa shape index (κ2) is 44.0. The van der Waals surface area contributed by atoms with E-state index in [4.69, 9.17) is 14.2 Å². The van der Waals surface area contributed by atoms with Crippen LogP contribution in [0.1, 0.15) is 181 Å². The number of allylic oxidation sites excluding steroid dienone is 15. The molecule has 0 radical (unpaired) electrons. The third-order valence-electron chi connectivity index (χ3n) is 8.84. The summed E-state index contributed by atoms with van der Waals surface area (Å²) in [5, 5.41) is 0. The Bertz CT molecular complexity index is 1170. The zero-order chi connectivity index (χ0) is 40.8. The summed E-state index contributed by atoms with van der Waals surface area (Å²) in [7, 11) is 0. The molecular formula is C50H80O6. The molecule has 6 heteroatoms. The second-order valence-electron chi connectivity index (χ2n) is 14.2. The van der Waals surface area contributed by atoms with Gasteiger partial charge in [-0.1, -0.05) is 163 Å². The van der Waals surface area contributed by atoms with Gasteiger partial charge in [-0.05, 0) is 96.3 Å². The maximum Gasteiger partial charge on any atom is 0.309 e. The van der Waals surface area contributed by atoms with Crippen molar-refractivity contribution in [2.24, 2.45) is 0 Å². The fourth-order valence-electron chi connectivity index (χ4n) is 5.54. The lowest BCUT2D eigenvalue weighted by Gasteiger charge is -2.18. The molecule has 1 atom stereocenters. The van der Waals surface area contributed by atoms with Crippen LogP contribution >= 0.6 is 0 Å². The van der Waals surface area contributed by atoms with Crippen molar-refractivity contribution in [2.45, 2.75) is 187 Å². The van der Waals surface area contributed by atoms with Gasteiger partial charge in [-0.25, -0.2) is 0 Å². The van der Waals surface area contributed by atoms with E-state index in [1.807, 2.05) is 6.08 Å². The van der Waals surface area contributed by atoms with E-state index in [0.29, 0.717) is 12.8 Å². The highest BCUT2D eigenvalue weighted by Gasteiger charge is 2.19. The molecule has 0 aliphatic heterocycles. The molecule has 0 bridgehead atoms. The molecule has 0 N–H and O–H groups in total. The van der Waals surface area contributed by atoms with E-state index in [2.05, 4.69) is 106 Å². The smallest absolute Gasteiger partial charge is 0.309 e. The summed E-state index contributed by atoms with van der Waals surface area (Å²) in [4.78, 5) is 37.6. The maximum atomic E-state index is 12.7. The Morgan fingerprint density at radius 2 is 0.768 bits per heavy atom. The van der Waals surface area contributed by atoms with Crippen LogP contribution in [-0.4, -0.2) is 37.2 Å². The van der Waals surface area contributed by atoms with Gasteiger partial charge < -0.3 is 14.2 Å². The first-order chi connectivity index (χ1) is 27.5. The van der Waals surface area contributed by atoms with Gasteiger partial charge in [0.15, 0.2) is 6.10 Å². The molecule has 6 nitrogen and oxygen atoms in total. The molecule has 0 aromatic rings. The lowest BCUT2D eigenvalue weighted by Crippen LogP contribution is -2.30. The van der Waals surface area contributed by atoms with Gasteiger partial charge in [0.05, 0.1) is 6.42 Å². The minimum atomic E-state index is -0.834. The average molecular weight is 777 g/mol. The zero-order valence-electron chi connectivity index (χ0n) is 35.9. The van der Waals surface area contributed by atoms with Gasteiger partial charge in [0.2, 0.25) is 0 Å². The van der Waals surface area contributed by atoms with Crippen LogP contribution in [0.15, 0.2) is 97.2 Å². The molecule has 0 saturated heterocycles. The Morgan fingerprint density at radius 1 is 0.393 bits per heavy atom. The Labute approximate surface area is 343 Å². The average Bonchev–Trinajstić information content (AvgIpc) is 3.19. The van der Waals surface area contributed by atoms with E-state index < -0.39 is 12.1 Å². The predicted octanol–water partition coefficient (Wildman–Crippen LogP) is 14.2. The highest BCUT2D eigenvalue weighted by atomic mass is 16.6. The highest BCUT2D eigenvalue weighted by molar-refractivity contribution is 5.72. The standard InChI is InChI=1S/C50H80O6/c1-4-7-10-13-16-19-21-23-24-25-26-27-29-31-34-37-40-43-49(52)55-46-47(45-54-48(51)42-39-36-33-30-18-15-12-9-6-3)56-50(53)44-41-38-35-32-28-22-20-17-14-11-8-5-2/h8-9,11-12,16-20,23-24,28,30,32,36,39,47H,4-7,10,13-15,21-22,25-27,29,31,33-35,37-38,40-46H2,1-3H3/b11-8-,12-9-,19-16-,20-17-,24-23-,30-18-,32-28-,39-36-. The highest BCUT2D eigenvalue weighted by Crippen LogP contribution is 2.12. The number of carbonyl (C=O) groups excluding carboxylic acids is 3. The second-order valence-corrected chi connectivity index (χ2v) is 14.2. The molecule has 0 rings (SSSR count). The van der Waals surface area contributed by atoms with Gasteiger partial charge in [-0.3, -0.25) is 14.4 Å². The van der Waals surface area contributed by atoms with Crippen LogP contribution in [0.4, 0.5) is 0 Å². The van der Waals surface area contributed by atoms with Crippen molar-refractivity contribution in [3.05, 3.63) is 97.2 Å². The number of ether oxygens (including phenoxy) is 3. The van der Waals surface area contributed by atoms with E-state index in [9.17, 15) is 14.4 Å². The number of esters is 3. The monoisotopic (exact) mass is 777 g/mol. The van der Waals surface area contributed by atoms with Crippen LogP contribution in [0.5, 0.6) is 0 Å². The third-order valence-corrected chi connectivity index (χ3v) is 8.84. The van der Waals surface area contributed by atoms with Gasteiger partial charge in [0, 0.05) is 12.8 Å². The molecule has 0 amide bonds. The van der Waals surface area contributed by atoms with E-state index in [1.54, 1.807) is 6.08 Å². The molecule has 1 unspecified atom stereocenters. The quantitative estimate of drug-likeness (QED) is 0.0269. The Morgan fingerprint density at radius 3 is 1.29 bits per heavy atom. The number of hydrogen-bond acceptors (Lipinski definition) is 6. The fourth-order valence-corrected chi connectivity index (χ4v) is 5.54. The minimum Gasteiger partial charge on any atom is -0.462 e. The van der Waals surface area contributed by atoms with Crippen molar-refractivity contribution in [1.29, 1.82) is 0 Å². The number of hydrogen-bond donors (Lipinski definition) is 0. The normalized spacial score (nSPS) is 13.0. The molecule has 56 heavy (non-hydrogen) atoms. The molecule has 316 valence electrons. The van der Waals surface area contributed by atoms with Gasteiger partial charge in [-0.15, -0.1) is 0 Å². The SMILES string of the molecule is CC/C=C\C/C=C\C/C=C\CCCCC(=O)OC(COC(=O)C/C=C\C/C=C\C/C=C\CC)COC(=O)CCCCCCCCC/C=C\C/C=C\CCCCC. The van der Waals surface area contributed by atoms with Crippen molar-refractivity contribution in [2.75, 3.05) is 13.2 Å². The first kappa shape index (κ1) is 52.3. The first-order valence-electron chi connectivity index (χ1n) is 22.2. The van der Waals surface area contributed by atoms with Crippen LogP contribution in [0.2, 0.25) is 0 Å². The van der Waals surface area contributed by atoms with Crippen molar-refractivity contribution >= 4 is 17.9 Å². The van der Waals surface area contributed by atoms with Crippen molar-refractivity contribution in [3.8, 4) is 0 Å². The molecule has 0 heterocycles. The van der Waals surface area contributed by atoms with Gasteiger partial charge >= 0.3 is 17.9 Å². The number of rotatable bonds is 38. The van der Waals surface area contributed by atoms with Gasteiger partial charge in [-0.2, -0.15) is 0 Å². The van der Waals surface area contributed by atoms with E-state index in [1.165, 1.54) is 51.4 Å². The van der Waals surface area contributed by atoms with E-state index in [0.717, 1.165) is 83.5 Å². The summed E-state index contributed by atoms with van der Waals surface area (Å²) in [6, 6.07) is 0. The summed E-state index contributed by atoms with van der Waals surface area (Å²) >= 11 is 0. The van der Waals surface area contributed by atoms with Crippen LogP contribution in [-0.2, 0) is 28.6 Å². The van der Waals surface area contributed by atoms with Gasteiger partial charge in [0.1, 0.15) is 13.2 Å². The van der Waals surface area contributed by atoms with Crippen molar-refractivity contribution in [3.63, 3.8) is 0 Å². The maximum absolute atomic E-state index is 12.7. The largest absolute Gasteiger partial charge is 0.462 e. The first-order valence-corrected chi connectivity index (χ1v) is 22.2. The lowest BCUT2D eigenvalue weighted by molar-refractivity contribution is -0.166. The Hall–Kier alpha value is -3.67. The summed E-state index contributed by atoms with van der Waals surface area (Å²) in [5.41, 5.74) is 0. The predicted molar refractivity (Wildman–Crippen MR) is 237 cm³/mol. The van der Waals surface area contributed by atoms with E-state index >= 15 is 0 Å². The van der Waals surface area contributed by atoms with Crippen LogP contribution in [0.25, 0.3) is 0 Å². The van der Waals surface area contributed by atoms with E-state index in [-0.39, 0.29) is 38.0 Å². The van der Waals surface area contributed by atoms with Crippen molar-refractivity contribution < 1.29 is 28.6 Å². The van der Waals surface area contributed by atoms with Crippen LogP contribution in [0, 0.1) is 0 Å². The summed E-state index contributed by atoms with van der Waals surface area (Å²) in [5.74, 6) is -1.11. The summed E-state index contributed by atoms with van der Waals surface area (Å²) < 4.78 is 16.5. The molecule has 0 aromatic heterocycles. The number of unbranched alkanes of at least 4 members (excludes halogenated alkanes) is 12. The third kappa shape index (κ3) is 41.5. The Balaban J connectivity index is 4.47. The minimum absolute atomic E-state index is 0.122. The molecular weight excluding hydrogens is 697 g/mol.